The molecule has 2 rings (SSSR count). The van der Waals surface area contributed by atoms with Crippen LogP contribution in [0.5, 0.6) is 11.5 Å². The van der Waals surface area contributed by atoms with Gasteiger partial charge in [0.2, 0.25) is 15.9 Å². The van der Waals surface area contributed by atoms with E-state index in [0.29, 0.717) is 29.3 Å². The molecule has 28 heavy (non-hydrogen) atoms. The van der Waals surface area contributed by atoms with Gasteiger partial charge >= 0.3 is 0 Å². The Hall–Kier alpha value is -2.74. The highest BCUT2D eigenvalue weighted by Gasteiger charge is 2.17. The highest BCUT2D eigenvalue weighted by atomic mass is 32.2. The van der Waals surface area contributed by atoms with Crippen LogP contribution in [0.1, 0.15) is 18.4 Å². The van der Waals surface area contributed by atoms with Crippen molar-refractivity contribution in [2.45, 2.75) is 19.8 Å². The number of aryl methyl sites for hydroxylation is 1. The Bertz CT molecular complexity index is 928. The van der Waals surface area contributed by atoms with E-state index in [1.54, 1.807) is 24.3 Å². The number of rotatable bonds is 9. The first-order valence-electron chi connectivity index (χ1n) is 8.81. The second kappa shape index (κ2) is 9.45. The summed E-state index contributed by atoms with van der Waals surface area (Å²) in [5.74, 6) is 0.885. The topological polar surface area (TPSA) is 84.9 Å². The number of sulfonamides is 1. The second-order valence-electron chi connectivity index (χ2n) is 6.40. The average molecular weight is 407 g/mol. The molecule has 0 atom stereocenters. The number of amides is 1. The van der Waals surface area contributed by atoms with Gasteiger partial charge in [-0.25, -0.2) is 8.42 Å². The predicted octanol–water partition coefficient (Wildman–Crippen LogP) is 3.20. The van der Waals surface area contributed by atoms with Gasteiger partial charge in [0.1, 0.15) is 0 Å². The Balaban J connectivity index is 1.98. The third kappa shape index (κ3) is 5.88. The van der Waals surface area contributed by atoms with E-state index in [4.69, 9.17) is 9.47 Å². The maximum Gasteiger partial charge on any atom is 0.232 e. The molecule has 2 aromatic carbocycles. The maximum atomic E-state index is 12.2. The summed E-state index contributed by atoms with van der Waals surface area (Å²) in [6.07, 6.45) is 1.74. The van der Waals surface area contributed by atoms with Crippen LogP contribution < -0.4 is 19.1 Å². The molecule has 0 aliphatic carbocycles. The molecule has 1 N–H and O–H groups in total. The van der Waals surface area contributed by atoms with Gasteiger partial charge in [0.15, 0.2) is 11.5 Å². The Morgan fingerprint density at radius 3 is 2.39 bits per heavy atom. The van der Waals surface area contributed by atoms with Gasteiger partial charge in [0, 0.05) is 24.7 Å². The van der Waals surface area contributed by atoms with Crippen LogP contribution in [-0.4, -0.2) is 41.3 Å². The lowest BCUT2D eigenvalue weighted by Gasteiger charge is -2.22. The summed E-state index contributed by atoms with van der Waals surface area (Å²) in [5, 5.41) is 2.79. The summed E-state index contributed by atoms with van der Waals surface area (Å²) >= 11 is 0. The van der Waals surface area contributed by atoms with Crippen molar-refractivity contribution in [2.24, 2.45) is 0 Å². The summed E-state index contributed by atoms with van der Waals surface area (Å²) in [5.41, 5.74) is 2.15. The highest BCUT2D eigenvalue weighted by molar-refractivity contribution is 7.92. The van der Waals surface area contributed by atoms with Gasteiger partial charge in [-0.3, -0.25) is 9.10 Å². The van der Waals surface area contributed by atoms with Crippen molar-refractivity contribution < 1.29 is 22.7 Å². The molecule has 0 aromatic heterocycles. The molecular formula is C20H26N2O5S. The molecule has 0 aliphatic rings. The number of carbonyl (C=O) groups is 1. The molecule has 0 radical (unpaired) electrons. The van der Waals surface area contributed by atoms with Crippen LogP contribution >= 0.6 is 0 Å². The lowest BCUT2D eigenvalue weighted by molar-refractivity contribution is -0.116. The molecule has 0 spiro atoms. The molecule has 0 aliphatic heterocycles. The monoisotopic (exact) mass is 406 g/mol. The standard InChI is InChI=1S/C20H26N2O5S/c1-15-7-5-8-17(13-15)22(28(4,24)25)12-6-9-20(23)21-16-10-11-18(26-2)19(14-16)27-3/h5,7-8,10-11,13-14H,6,9,12H2,1-4H3,(H,21,23). The summed E-state index contributed by atoms with van der Waals surface area (Å²) in [4.78, 5) is 12.2. The molecule has 0 bridgehead atoms. The number of methoxy groups -OCH3 is 2. The quantitative estimate of drug-likeness (QED) is 0.691. The average Bonchev–Trinajstić information content (AvgIpc) is 2.64. The molecular weight excluding hydrogens is 380 g/mol. The van der Waals surface area contributed by atoms with E-state index in [0.717, 1.165) is 5.56 Å². The first kappa shape index (κ1) is 21.6. The zero-order valence-electron chi connectivity index (χ0n) is 16.6. The van der Waals surface area contributed by atoms with E-state index in [1.807, 2.05) is 25.1 Å². The van der Waals surface area contributed by atoms with Crippen molar-refractivity contribution in [3.05, 3.63) is 48.0 Å². The Morgan fingerprint density at radius 2 is 1.79 bits per heavy atom. The summed E-state index contributed by atoms with van der Waals surface area (Å²) in [6, 6.07) is 12.4. The van der Waals surface area contributed by atoms with E-state index in [9.17, 15) is 13.2 Å². The van der Waals surface area contributed by atoms with Gasteiger partial charge in [-0.1, -0.05) is 12.1 Å². The molecule has 0 fully saturated rings. The minimum atomic E-state index is -3.44. The van der Waals surface area contributed by atoms with E-state index in [2.05, 4.69) is 5.32 Å². The lowest BCUT2D eigenvalue weighted by atomic mass is 10.2. The molecule has 2 aromatic rings. The molecule has 7 nitrogen and oxygen atoms in total. The largest absolute Gasteiger partial charge is 0.493 e. The van der Waals surface area contributed by atoms with Crippen molar-refractivity contribution in [2.75, 3.05) is 36.6 Å². The minimum Gasteiger partial charge on any atom is -0.493 e. The van der Waals surface area contributed by atoms with Crippen molar-refractivity contribution in [3.63, 3.8) is 0 Å². The number of carbonyl (C=O) groups excluding carboxylic acids is 1. The van der Waals surface area contributed by atoms with Crippen LogP contribution in [0, 0.1) is 6.92 Å². The van der Waals surface area contributed by atoms with Crippen LogP contribution in [-0.2, 0) is 14.8 Å². The molecule has 152 valence electrons. The van der Waals surface area contributed by atoms with Crippen molar-refractivity contribution in [3.8, 4) is 11.5 Å². The molecule has 0 heterocycles. The number of nitrogens with one attached hydrogen (secondary N) is 1. The smallest absolute Gasteiger partial charge is 0.232 e. The number of hydrogen-bond donors (Lipinski definition) is 1. The van der Waals surface area contributed by atoms with Gasteiger partial charge in [-0.15, -0.1) is 0 Å². The van der Waals surface area contributed by atoms with Crippen molar-refractivity contribution >= 4 is 27.3 Å². The maximum absolute atomic E-state index is 12.2. The van der Waals surface area contributed by atoms with Gasteiger partial charge in [0.25, 0.3) is 0 Å². The number of hydrogen-bond acceptors (Lipinski definition) is 5. The Morgan fingerprint density at radius 1 is 1.07 bits per heavy atom. The normalized spacial score (nSPS) is 11.0. The van der Waals surface area contributed by atoms with Crippen LogP contribution in [0.25, 0.3) is 0 Å². The molecule has 0 saturated carbocycles. The molecule has 0 saturated heterocycles. The van der Waals surface area contributed by atoms with E-state index >= 15 is 0 Å². The predicted molar refractivity (Wildman–Crippen MR) is 111 cm³/mol. The fourth-order valence-corrected chi connectivity index (χ4v) is 3.75. The fourth-order valence-electron chi connectivity index (χ4n) is 2.79. The van der Waals surface area contributed by atoms with Gasteiger partial charge in [-0.2, -0.15) is 0 Å². The molecule has 0 unspecified atom stereocenters. The SMILES string of the molecule is COc1ccc(NC(=O)CCCN(c2cccc(C)c2)S(C)(=O)=O)cc1OC. The van der Waals surface area contributed by atoms with Crippen LogP contribution in [0.2, 0.25) is 0 Å². The third-order valence-electron chi connectivity index (χ3n) is 4.12. The highest BCUT2D eigenvalue weighted by Crippen LogP contribution is 2.29. The van der Waals surface area contributed by atoms with Gasteiger partial charge in [0.05, 0.1) is 26.2 Å². The van der Waals surface area contributed by atoms with Crippen LogP contribution in [0.4, 0.5) is 11.4 Å². The summed E-state index contributed by atoms with van der Waals surface area (Å²) in [7, 11) is -0.375. The Labute approximate surface area is 166 Å². The summed E-state index contributed by atoms with van der Waals surface area (Å²) < 4.78 is 36.0. The second-order valence-corrected chi connectivity index (χ2v) is 8.30. The van der Waals surface area contributed by atoms with Gasteiger partial charge < -0.3 is 14.8 Å². The first-order chi connectivity index (χ1) is 13.2. The van der Waals surface area contributed by atoms with Crippen molar-refractivity contribution in [1.29, 1.82) is 0 Å². The summed E-state index contributed by atoms with van der Waals surface area (Å²) in [6.45, 7) is 2.13. The molecule has 1 amide bonds. The zero-order valence-corrected chi connectivity index (χ0v) is 17.4. The van der Waals surface area contributed by atoms with Crippen LogP contribution in [0.15, 0.2) is 42.5 Å². The fraction of sp³-hybridized carbons (Fsp3) is 0.350. The first-order valence-corrected chi connectivity index (χ1v) is 10.7. The number of nitrogens with zero attached hydrogens (tertiary/aromatic N) is 1. The Kier molecular flexibility index (Phi) is 7.28. The van der Waals surface area contributed by atoms with Crippen molar-refractivity contribution in [1.82, 2.24) is 0 Å². The lowest BCUT2D eigenvalue weighted by Crippen LogP contribution is -2.31. The third-order valence-corrected chi connectivity index (χ3v) is 5.32. The van der Waals surface area contributed by atoms with Gasteiger partial charge in [-0.05, 0) is 43.2 Å². The van der Waals surface area contributed by atoms with Crippen LogP contribution in [0.3, 0.4) is 0 Å². The minimum absolute atomic E-state index is 0.187. The number of ether oxygens (including phenoxy) is 2. The van der Waals surface area contributed by atoms with E-state index in [-0.39, 0.29) is 18.9 Å². The number of anilines is 2. The molecule has 8 heteroatoms. The van der Waals surface area contributed by atoms with E-state index in [1.165, 1.54) is 24.8 Å². The number of benzene rings is 2. The zero-order chi connectivity index (χ0) is 20.7. The van der Waals surface area contributed by atoms with E-state index < -0.39 is 10.0 Å².